The second-order valence-electron chi connectivity index (χ2n) is 5.84. The summed E-state index contributed by atoms with van der Waals surface area (Å²) in [7, 11) is 0. The van der Waals surface area contributed by atoms with Crippen LogP contribution in [0.4, 0.5) is 0 Å². The van der Waals surface area contributed by atoms with Gasteiger partial charge in [0.1, 0.15) is 24.9 Å². The first kappa shape index (κ1) is 13.8. The number of nitrogens with zero attached hydrogens (tertiary/aromatic N) is 1. The number of benzene rings is 1. The van der Waals surface area contributed by atoms with E-state index in [9.17, 15) is 9.90 Å². The molecule has 22 heavy (non-hydrogen) atoms. The minimum Gasteiger partial charge on any atom is -0.388 e. The molecule has 2 saturated heterocycles. The third kappa shape index (κ3) is 2.29. The Balaban J connectivity index is 1.43. The highest BCUT2D eigenvalue weighted by Gasteiger charge is 2.47. The molecule has 2 aliphatic heterocycles. The van der Waals surface area contributed by atoms with Crippen LogP contribution in [0.5, 0.6) is 0 Å². The van der Waals surface area contributed by atoms with E-state index in [1.807, 2.05) is 41.1 Å². The van der Waals surface area contributed by atoms with Gasteiger partial charge >= 0.3 is 0 Å². The number of aliphatic hydroxyl groups is 1. The molecule has 1 aromatic carbocycles. The second kappa shape index (κ2) is 5.39. The summed E-state index contributed by atoms with van der Waals surface area (Å²) in [4.78, 5) is 12.3. The summed E-state index contributed by atoms with van der Waals surface area (Å²) in [5.41, 5.74) is 1.03. The van der Waals surface area contributed by atoms with Gasteiger partial charge in [0.25, 0.3) is 0 Å². The van der Waals surface area contributed by atoms with Gasteiger partial charge in [-0.2, -0.15) is 0 Å². The van der Waals surface area contributed by atoms with Crippen molar-refractivity contribution in [1.82, 2.24) is 9.88 Å². The maximum Gasteiger partial charge on any atom is 0.240 e. The lowest BCUT2D eigenvalue weighted by Crippen LogP contribution is -2.45. The molecule has 2 aromatic rings. The molecular formula is C16H18N2O4. The Morgan fingerprint density at radius 2 is 2.05 bits per heavy atom. The van der Waals surface area contributed by atoms with Gasteiger partial charge in [-0.25, -0.2) is 0 Å². The number of carbonyl (C=O) groups excluding carboxylic acids is 1. The first-order valence-electron chi connectivity index (χ1n) is 7.47. The molecule has 3 heterocycles. The maximum atomic E-state index is 12.3. The van der Waals surface area contributed by atoms with Gasteiger partial charge in [-0.3, -0.25) is 4.79 Å². The number of nitrogens with one attached hydrogen (secondary N) is 1. The number of hydrogen-bond acceptors (Lipinski definition) is 4. The Morgan fingerprint density at radius 3 is 2.95 bits per heavy atom. The van der Waals surface area contributed by atoms with Crippen molar-refractivity contribution in [3.05, 3.63) is 36.5 Å². The molecule has 0 saturated carbocycles. The first-order valence-corrected chi connectivity index (χ1v) is 7.47. The van der Waals surface area contributed by atoms with Crippen LogP contribution < -0.4 is 5.32 Å². The van der Waals surface area contributed by atoms with E-state index in [1.54, 1.807) is 0 Å². The number of para-hydroxylation sites is 1. The molecule has 0 spiro atoms. The number of hydrogen-bond donors (Lipinski definition) is 2. The molecule has 4 rings (SSSR count). The summed E-state index contributed by atoms with van der Waals surface area (Å²) >= 11 is 0. The third-order valence-electron chi connectivity index (χ3n) is 4.37. The molecule has 2 fully saturated rings. The van der Waals surface area contributed by atoms with Crippen molar-refractivity contribution in [3.63, 3.8) is 0 Å². The fourth-order valence-corrected chi connectivity index (χ4v) is 3.29. The number of aromatic nitrogens is 1. The van der Waals surface area contributed by atoms with Gasteiger partial charge in [0, 0.05) is 11.7 Å². The van der Waals surface area contributed by atoms with Crippen LogP contribution >= 0.6 is 0 Å². The predicted octanol–water partition coefficient (Wildman–Crippen LogP) is 0.285. The Labute approximate surface area is 127 Å². The normalized spacial score (nSPS) is 30.6. The van der Waals surface area contributed by atoms with Gasteiger partial charge in [0.15, 0.2) is 0 Å². The smallest absolute Gasteiger partial charge is 0.240 e. The van der Waals surface area contributed by atoms with Crippen LogP contribution in [0.1, 0.15) is 0 Å². The Hall–Kier alpha value is -1.89. The zero-order chi connectivity index (χ0) is 15.1. The van der Waals surface area contributed by atoms with Gasteiger partial charge in [0.05, 0.1) is 19.3 Å². The van der Waals surface area contributed by atoms with Gasteiger partial charge in [-0.15, -0.1) is 0 Å². The summed E-state index contributed by atoms with van der Waals surface area (Å²) in [6.45, 7) is 0.901. The van der Waals surface area contributed by atoms with Gasteiger partial charge in [0.2, 0.25) is 5.91 Å². The molecule has 0 aliphatic carbocycles. The first-order chi connectivity index (χ1) is 10.7. The van der Waals surface area contributed by atoms with E-state index < -0.39 is 6.10 Å². The van der Waals surface area contributed by atoms with Crippen molar-refractivity contribution >= 4 is 16.8 Å². The zero-order valence-electron chi connectivity index (χ0n) is 12.0. The van der Waals surface area contributed by atoms with Crippen LogP contribution in [-0.4, -0.2) is 53.1 Å². The van der Waals surface area contributed by atoms with Crippen molar-refractivity contribution in [3.8, 4) is 0 Å². The molecule has 116 valence electrons. The van der Waals surface area contributed by atoms with Crippen LogP contribution in [0.3, 0.4) is 0 Å². The molecule has 4 atom stereocenters. The predicted molar refractivity (Wildman–Crippen MR) is 79.4 cm³/mol. The SMILES string of the molecule is O=C(Cn1ccc2ccccc21)N[C@@H]1CO[C@H]2[C@@H]1OC[C@H]2O. The minimum atomic E-state index is -0.597. The summed E-state index contributed by atoms with van der Waals surface area (Å²) in [6, 6.07) is 9.75. The molecule has 2 N–H and O–H groups in total. The van der Waals surface area contributed by atoms with E-state index in [0.29, 0.717) is 6.61 Å². The van der Waals surface area contributed by atoms with E-state index in [-0.39, 0.29) is 37.3 Å². The summed E-state index contributed by atoms with van der Waals surface area (Å²) in [5, 5.41) is 13.8. The van der Waals surface area contributed by atoms with E-state index >= 15 is 0 Å². The van der Waals surface area contributed by atoms with Gasteiger partial charge in [-0.1, -0.05) is 18.2 Å². The average Bonchev–Trinajstić information content (AvgIpc) is 3.19. The van der Waals surface area contributed by atoms with Crippen LogP contribution in [0.15, 0.2) is 36.5 Å². The highest BCUT2D eigenvalue weighted by Crippen LogP contribution is 2.27. The standard InChI is InChI=1S/C16H18N2O4/c19-13-9-22-15-11(8-21-16(13)15)17-14(20)7-18-6-5-10-3-1-2-4-12(10)18/h1-6,11,13,15-16,19H,7-9H2,(H,17,20)/t11-,13-,15-,16-/m1/s1. The summed E-state index contributed by atoms with van der Waals surface area (Å²) in [5.74, 6) is -0.0828. The van der Waals surface area contributed by atoms with E-state index in [0.717, 1.165) is 10.9 Å². The molecule has 1 aromatic heterocycles. The monoisotopic (exact) mass is 302 g/mol. The highest BCUT2D eigenvalue weighted by molar-refractivity contribution is 5.83. The summed E-state index contributed by atoms with van der Waals surface area (Å²) in [6.07, 6.45) is 0.743. The zero-order valence-corrected chi connectivity index (χ0v) is 12.0. The Kier molecular flexibility index (Phi) is 3.37. The molecular weight excluding hydrogens is 284 g/mol. The van der Waals surface area contributed by atoms with Crippen molar-refractivity contribution in [2.75, 3.05) is 13.2 Å². The fraction of sp³-hybridized carbons (Fsp3) is 0.438. The molecule has 6 heteroatoms. The molecule has 6 nitrogen and oxygen atoms in total. The maximum absolute atomic E-state index is 12.3. The number of rotatable bonds is 3. The van der Waals surface area contributed by atoms with E-state index in [1.165, 1.54) is 0 Å². The van der Waals surface area contributed by atoms with Crippen LogP contribution in [0, 0.1) is 0 Å². The lowest BCUT2D eigenvalue weighted by atomic mass is 10.1. The summed E-state index contributed by atoms with van der Waals surface area (Å²) < 4.78 is 12.9. The van der Waals surface area contributed by atoms with Gasteiger partial charge < -0.3 is 24.5 Å². The number of ether oxygens (including phenoxy) is 2. The van der Waals surface area contributed by atoms with E-state index in [4.69, 9.17) is 9.47 Å². The van der Waals surface area contributed by atoms with Crippen molar-refractivity contribution < 1.29 is 19.4 Å². The number of carbonyl (C=O) groups is 1. The quantitative estimate of drug-likeness (QED) is 0.854. The molecule has 0 bridgehead atoms. The Morgan fingerprint density at radius 1 is 1.23 bits per heavy atom. The van der Waals surface area contributed by atoms with Crippen LogP contribution in [-0.2, 0) is 20.8 Å². The number of fused-ring (bicyclic) bond motifs is 2. The largest absolute Gasteiger partial charge is 0.388 e. The van der Waals surface area contributed by atoms with E-state index in [2.05, 4.69) is 5.32 Å². The number of aliphatic hydroxyl groups excluding tert-OH is 1. The van der Waals surface area contributed by atoms with Crippen molar-refractivity contribution in [2.24, 2.45) is 0 Å². The van der Waals surface area contributed by atoms with Gasteiger partial charge in [-0.05, 0) is 17.5 Å². The topological polar surface area (TPSA) is 72.7 Å². The van der Waals surface area contributed by atoms with Crippen molar-refractivity contribution in [1.29, 1.82) is 0 Å². The van der Waals surface area contributed by atoms with Crippen LogP contribution in [0.2, 0.25) is 0 Å². The Bertz CT molecular complexity index is 698. The highest BCUT2D eigenvalue weighted by atomic mass is 16.6. The fourth-order valence-electron chi connectivity index (χ4n) is 3.29. The number of amides is 1. The van der Waals surface area contributed by atoms with Crippen LogP contribution in [0.25, 0.3) is 10.9 Å². The second-order valence-corrected chi connectivity index (χ2v) is 5.84. The van der Waals surface area contributed by atoms with Crippen molar-refractivity contribution in [2.45, 2.75) is 30.9 Å². The molecule has 0 radical (unpaired) electrons. The molecule has 0 unspecified atom stereocenters. The third-order valence-corrected chi connectivity index (χ3v) is 4.37. The average molecular weight is 302 g/mol. The minimum absolute atomic E-state index is 0.0828. The lowest BCUT2D eigenvalue weighted by Gasteiger charge is -2.17. The lowest BCUT2D eigenvalue weighted by molar-refractivity contribution is -0.123. The molecule has 2 aliphatic rings. The molecule has 1 amide bonds.